The first-order valence-electron chi connectivity index (χ1n) is 7.43. The molecule has 3 rings (SSSR count). The molecule has 2 aromatic carbocycles. The second kappa shape index (κ2) is 8.18. The van der Waals surface area contributed by atoms with Crippen LogP contribution in [0.3, 0.4) is 0 Å². The molecule has 1 aliphatic heterocycles. The largest absolute Gasteiger partial charge is 0.508 e. The molecule has 0 bridgehead atoms. The van der Waals surface area contributed by atoms with Gasteiger partial charge in [0, 0.05) is 5.69 Å². The number of benzene rings is 2. The second-order valence-corrected chi connectivity index (χ2v) is 7.80. The number of rotatable bonds is 3. The van der Waals surface area contributed by atoms with Gasteiger partial charge in [0.1, 0.15) is 5.75 Å². The summed E-state index contributed by atoms with van der Waals surface area (Å²) in [6.45, 7) is 0. The summed E-state index contributed by atoms with van der Waals surface area (Å²) in [5.74, 6) is -0.393. The zero-order valence-electron chi connectivity index (χ0n) is 13.4. The lowest BCUT2D eigenvalue weighted by Gasteiger charge is -2.16. The SMILES string of the molecule is O=C(Nc1ccc(Cl)c(Cl)c1)NN1C(=O)/C(=C\c2cccc(O)c2)SC1=S. The number of thioether (sulfide) groups is 1. The minimum absolute atomic E-state index is 0.0818. The van der Waals surface area contributed by atoms with Crippen LogP contribution in [-0.4, -0.2) is 26.4 Å². The van der Waals surface area contributed by atoms with Crippen molar-refractivity contribution in [1.82, 2.24) is 10.4 Å². The van der Waals surface area contributed by atoms with Crippen LogP contribution in [-0.2, 0) is 4.79 Å². The number of amides is 3. The summed E-state index contributed by atoms with van der Waals surface area (Å²) in [6, 6.07) is 10.4. The number of carbonyl (C=O) groups is 2. The Balaban J connectivity index is 1.69. The van der Waals surface area contributed by atoms with Crippen LogP contribution < -0.4 is 10.7 Å². The van der Waals surface area contributed by atoms with Crippen molar-refractivity contribution in [2.75, 3.05) is 5.32 Å². The minimum Gasteiger partial charge on any atom is -0.508 e. The molecule has 138 valence electrons. The molecule has 1 saturated heterocycles. The third-order valence-electron chi connectivity index (χ3n) is 3.35. The highest BCUT2D eigenvalue weighted by molar-refractivity contribution is 8.26. The number of halogens is 2. The molecule has 0 atom stereocenters. The zero-order valence-corrected chi connectivity index (χ0v) is 16.5. The van der Waals surface area contributed by atoms with Gasteiger partial charge in [-0.25, -0.2) is 10.2 Å². The number of urea groups is 1. The maximum Gasteiger partial charge on any atom is 0.338 e. The number of hydrogen-bond acceptors (Lipinski definition) is 5. The third kappa shape index (κ3) is 4.72. The number of hydrogen-bond donors (Lipinski definition) is 3. The highest BCUT2D eigenvalue weighted by Crippen LogP contribution is 2.32. The van der Waals surface area contributed by atoms with E-state index in [0.717, 1.165) is 16.8 Å². The number of hydrazine groups is 1. The number of phenols is 1. The summed E-state index contributed by atoms with van der Waals surface area (Å²) in [5, 5.41) is 13.7. The number of aromatic hydroxyl groups is 1. The summed E-state index contributed by atoms with van der Waals surface area (Å²) in [7, 11) is 0. The Labute approximate surface area is 174 Å². The lowest BCUT2D eigenvalue weighted by Crippen LogP contribution is -2.46. The van der Waals surface area contributed by atoms with Gasteiger partial charge in [0.2, 0.25) is 0 Å². The van der Waals surface area contributed by atoms with Crippen molar-refractivity contribution >= 4 is 75.2 Å². The third-order valence-corrected chi connectivity index (χ3v) is 5.39. The Morgan fingerprint density at radius 1 is 1.19 bits per heavy atom. The van der Waals surface area contributed by atoms with Gasteiger partial charge < -0.3 is 10.4 Å². The molecule has 10 heteroatoms. The van der Waals surface area contributed by atoms with Crippen LogP contribution in [0.15, 0.2) is 47.4 Å². The fourth-order valence-corrected chi connectivity index (χ4v) is 3.64. The van der Waals surface area contributed by atoms with Gasteiger partial charge in [-0.2, -0.15) is 5.01 Å². The zero-order chi connectivity index (χ0) is 19.6. The molecule has 0 spiro atoms. The Morgan fingerprint density at radius 2 is 1.96 bits per heavy atom. The van der Waals surface area contributed by atoms with Crippen LogP contribution in [0.4, 0.5) is 10.5 Å². The molecular formula is C17H11Cl2N3O3S2. The van der Waals surface area contributed by atoms with Crippen molar-refractivity contribution in [1.29, 1.82) is 0 Å². The molecule has 1 aliphatic rings. The fraction of sp³-hybridized carbons (Fsp3) is 0. The van der Waals surface area contributed by atoms with E-state index in [1.54, 1.807) is 24.3 Å². The Bertz CT molecular complexity index is 982. The lowest BCUT2D eigenvalue weighted by molar-refractivity contribution is -0.123. The smallest absolute Gasteiger partial charge is 0.338 e. The first kappa shape index (κ1) is 19.5. The molecule has 27 heavy (non-hydrogen) atoms. The van der Waals surface area contributed by atoms with Crippen LogP contribution in [0.25, 0.3) is 6.08 Å². The number of phenolic OH excluding ortho intramolecular Hbond substituents is 1. The molecule has 0 unspecified atom stereocenters. The summed E-state index contributed by atoms with van der Waals surface area (Å²) in [5.41, 5.74) is 3.43. The van der Waals surface area contributed by atoms with Crippen molar-refractivity contribution in [3.05, 3.63) is 63.0 Å². The molecule has 0 radical (unpaired) electrons. The molecule has 0 aromatic heterocycles. The van der Waals surface area contributed by atoms with E-state index < -0.39 is 11.9 Å². The second-order valence-electron chi connectivity index (χ2n) is 5.31. The number of thiocarbonyl (C=S) groups is 1. The van der Waals surface area contributed by atoms with E-state index in [1.165, 1.54) is 24.3 Å². The van der Waals surface area contributed by atoms with Gasteiger partial charge in [0.15, 0.2) is 4.32 Å². The highest BCUT2D eigenvalue weighted by atomic mass is 35.5. The monoisotopic (exact) mass is 439 g/mol. The number of carbonyl (C=O) groups excluding carboxylic acids is 2. The van der Waals surface area contributed by atoms with Crippen LogP contribution in [0.5, 0.6) is 5.75 Å². The van der Waals surface area contributed by atoms with E-state index in [2.05, 4.69) is 10.7 Å². The van der Waals surface area contributed by atoms with Crippen LogP contribution in [0, 0.1) is 0 Å². The Hall–Kier alpha value is -2.26. The van der Waals surface area contributed by atoms with Crippen molar-refractivity contribution in [3.8, 4) is 5.75 Å². The molecule has 6 nitrogen and oxygen atoms in total. The maximum atomic E-state index is 12.5. The van der Waals surface area contributed by atoms with E-state index >= 15 is 0 Å². The highest BCUT2D eigenvalue weighted by Gasteiger charge is 2.33. The van der Waals surface area contributed by atoms with E-state index in [4.69, 9.17) is 35.4 Å². The predicted octanol–water partition coefficient (Wildman–Crippen LogP) is 4.64. The molecule has 3 N–H and O–H groups in total. The lowest BCUT2D eigenvalue weighted by atomic mass is 10.2. The van der Waals surface area contributed by atoms with Gasteiger partial charge in [-0.3, -0.25) is 4.79 Å². The van der Waals surface area contributed by atoms with Crippen LogP contribution in [0.1, 0.15) is 5.56 Å². The number of nitrogens with zero attached hydrogens (tertiary/aromatic N) is 1. The average Bonchev–Trinajstić information content (AvgIpc) is 2.86. The van der Waals surface area contributed by atoms with Gasteiger partial charge in [-0.15, -0.1) is 0 Å². The average molecular weight is 440 g/mol. The molecule has 1 heterocycles. The number of anilines is 1. The van der Waals surface area contributed by atoms with Crippen LogP contribution in [0.2, 0.25) is 10.0 Å². The van der Waals surface area contributed by atoms with Gasteiger partial charge >= 0.3 is 6.03 Å². The Kier molecular flexibility index (Phi) is 5.91. The van der Waals surface area contributed by atoms with Gasteiger partial charge in [-0.1, -0.05) is 47.1 Å². The van der Waals surface area contributed by atoms with Gasteiger partial charge in [0.25, 0.3) is 5.91 Å². The minimum atomic E-state index is -0.664. The van der Waals surface area contributed by atoms with E-state index in [9.17, 15) is 14.7 Å². The van der Waals surface area contributed by atoms with Gasteiger partial charge in [0.05, 0.1) is 15.0 Å². The Morgan fingerprint density at radius 3 is 2.67 bits per heavy atom. The molecule has 0 aliphatic carbocycles. The van der Waals surface area contributed by atoms with Crippen molar-refractivity contribution in [3.63, 3.8) is 0 Å². The molecule has 0 saturated carbocycles. The quantitative estimate of drug-likeness (QED) is 0.479. The van der Waals surface area contributed by atoms with Crippen molar-refractivity contribution in [2.24, 2.45) is 0 Å². The molecular weight excluding hydrogens is 429 g/mol. The van der Waals surface area contributed by atoms with Gasteiger partial charge in [-0.05, 0) is 54.2 Å². The normalized spacial score (nSPS) is 15.3. The molecule has 3 amide bonds. The molecule has 2 aromatic rings. The standard InChI is InChI=1S/C17H11Cl2N3O3S2/c18-12-5-4-10(8-13(12)19)20-16(25)21-22-15(24)14(27-17(22)26)7-9-2-1-3-11(23)6-9/h1-8,23H,(H2,20,21,25)/b14-7+. The summed E-state index contributed by atoms with van der Waals surface area (Å²) >= 11 is 17.9. The fourth-order valence-electron chi connectivity index (χ4n) is 2.16. The molecule has 1 fully saturated rings. The maximum absolute atomic E-state index is 12.5. The first-order chi connectivity index (χ1) is 12.8. The first-order valence-corrected chi connectivity index (χ1v) is 9.41. The van der Waals surface area contributed by atoms with Crippen molar-refractivity contribution < 1.29 is 14.7 Å². The predicted molar refractivity (Wildman–Crippen MR) is 112 cm³/mol. The van der Waals surface area contributed by atoms with E-state index in [1.807, 2.05) is 0 Å². The number of nitrogens with one attached hydrogen (secondary N) is 2. The van der Waals surface area contributed by atoms with Crippen LogP contribution >= 0.6 is 47.2 Å². The summed E-state index contributed by atoms with van der Waals surface area (Å²) < 4.78 is 0.177. The van der Waals surface area contributed by atoms with Crippen molar-refractivity contribution in [2.45, 2.75) is 0 Å². The summed E-state index contributed by atoms with van der Waals surface area (Å²) in [6.07, 6.45) is 1.58. The van der Waals surface area contributed by atoms with E-state index in [0.29, 0.717) is 21.2 Å². The van der Waals surface area contributed by atoms with E-state index in [-0.39, 0.29) is 15.1 Å². The summed E-state index contributed by atoms with van der Waals surface area (Å²) in [4.78, 5) is 25.0. The topological polar surface area (TPSA) is 81.7 Å².